The fourth-order valence-electron chi connectivity index (χ4n) is 1.57. The van der Waals surface area contributed by atoms with Gasteiger partial charge in [0.25, 0.3) is 0 Å². The summed E-state index contributed by atoms with van der Waals surface area (Å²) >= 11 is 0. The molecule has 3 rings (SSSR count). The first-order chi connectivity index (χ1) is 7.84. The van der Waals surface area contributed by atoms with Crippen molar-refractivity contribution >= 4 is 11.0 Å². The summed E-state index contributed by atoms with van der Waals surface area (Å²) in [6, 6.07) is 6.22. The van der Waals surface area contributed by atoms with Crippen LogP contribution in [-0.4, -0.2) is 19.7 Å². The smallest absolute Gasteiger partial charge is 0.166 e. The molecule has 16 heavy (non-hydrogen) atoms. The third kappa shape index (κ3) is 1.33. The highest BCUT2D eigenvalue weighted by Gasteiger charge is 2.05. The summed E-state index contributed by atoms with van der Waals surface area (Å²) in [5.41, 5.74) is 1.31. The second-order valence-corrected chi connectivity index (χ2v) is 3.34. The van der Waals surface area contributed by atoms with Crippen LogP contribution in [0.3, 0.4) is 0 Å². The second-order valence-electron chi connectivity index (χ2n) is 3.34. The molecule has 0 saturated heterocycles. The molecule has 0 radical (unpaired) electrons. The summed E-state index contributed by atoms with van der Waals surface area (Å²) < 4.78 is 14.7. The molecule has 4 nitrogen and oxygen atoms in total. The van der Waals surface area contributed by atoms with Crippen molar-refractivity contribution in [1.82, 2.24) is 19.7 Å². The van der Waals surface area contributed by atoms with E-state index in [-0.39, 0.29) is 5.82 Å². The minimum atomic E-state index is -0.296. The van der Waals surface area contributed by atoms with Gasteiger partial charge in [-0.05, 0) is 18.2 Å². The van der Waals surface area contributed by atoms with Gasteiger partial charge in [0.15, 0.2) is 5.65 Å². The lowest BCUT2D eigenvalue weighted by Crippen LogP contribution is -1.97. The maximum atomic E-state index is 13.1. The maximum Gasteiger partial charge on any atom is 0.166 e. The monoisotopic (exact) mass is 214 g/mol. The first-order valence-electron chi connectivity index (χ1n) is 4.74. The topological polar surface area (TPSA) is 43.6 Å². The minimum absolute atomic E-state index is 0.296. The van der Waals surface area contributed by atoms with Crippen molar-refractivity contribution in [2.24, 2.45) is 0 Å². The summed E-state index contributed by atoms with van der Waals surface area (Å²) in [5, 5.41) is 4.98. The lowest BCUT2D eigenvalue weighted by molar-refractivity contribution is 0.625. The van der Waals surface area contributed by atoms with Crippen LogP contribution in [0, 0.1) is 5.82 Å². The number of benzene rings is 1. The molecule has 5 heteroatoms. The molecule has 78 valence electrons. The van der Waals surface area contributed by atoms with Crippen LogP contribution in [-0.2, 0) is 0 Å². The zero-order chi connectivity index (χ0) is 11.0. The van der Waals surface area contributed by atoms with E-state index in [9.17, 15) is 4.39 Å². The van der Waals surface area contributed by atoms with Crippen molar-refractivity contribution in [3.05, 3.63) is 48.8 Å². The molecule has 2 aromatic heterocycles. The van der Waals surface area contributed by atoms with Crippen LogP contribution < -0.4 is 0 Å². The van der Waals surface area contributed by atoms with E-state index in [0.29, 0.717) is 11.3 Å². The van der Waals surface area contributed by atoms with Gasteiger partial charge in [-0.2, -0.15) is 5.10 Å². The predicted octanol–water partition coefficient (Wildman–Crippen LogP) is 1.95. The van der Waals surface area contributed by atoms with Crippen molar-refractivity contribution in [2.45, 2.75) is 0 Å². The van der Waals surface area contributed by atoms with Crippen molar-refractivity contribution in [3.8, 4) is 5.69 Å². The van der Waals surface area contributed by atoms with Gasteiger partial charge in [-0.1, -0.05) is 6.07 Å². The molecule has 0 N–H and O–H groups in total. The highest BCUT2D eigenvalue weighted by Crippen LogP contribution is 2.15. The molecular formula is C11H7FN4. The Labute approximate surface area is 90.4 Å². The maximum absolute atomic E-state index is 13.1. The first kappa shape index (κ1) is 8.96. The number of aromatic nitrogens is 4. The highest BCUT2D eigenvalue weighted by molar-refractivity contribution is 5.74. The molecule has 0 saturated carbocycles. The first-order valence-corrected chi connectivity index (χ1v) is 4.74. The SMILES string of the molecule is Fc1cccc(-n2ncc3cncnc32)c1. The Morgan fingerprint density at radius 3 is 3.00 bits per heavy atom. The zero-order valence-corrected chi connectivity index (χ0v) is 8.21. The van der Waals surface area contributed by atoms with E-state index < -0.39 is 0 Å². The van der Waals surface area contributed by atoms with E-state index in [0.717, 1.165) is 5.39 Å². The summed E-state index contributed by atoms with van der Waals surface area (Å²) in [6.07, 6.45) is 4.77. The van der Waals surface area contributed by atoms with Crippen LogP contribution >= 0.6 is 0 Å². The van der Waals surface area contributed by atoms with Gasteiger partial charge in [0.1, 0.15) is 12.1 Å². The Kier molecular flexibility index (Phi) is 1.89. The fourth-order valence-corrected chi connectivity index (χ4v) is 1.57. The number of fused-ring (bicyclic) bond motifs is 1. The van der Waals surface area contributed by atoms with Gasteiger partial charge in [0, 0.05) is 6.20 Å². The summed E-state index contributed by atoms with van der Waals surface area (Å²) in [7, 11) is 0. The fraction of sp³-hybridized carbons (Fsp3) is 0. The lowest BCUT2D eigenvalue weighted by atomic mass is 10.3. The van der Waals surface area contributed by atoms with Crippen molar-refractivity contribution < 1.29 is 4.39 Å². The van der Waals surface area contributed by atoms with E-state index in [1.165, 1.54) is 18.5 Å². The zero-order valence-electron chi connectivity index (χ0n) is 8.21. The minimum Gasteiger partial charge on any atom is -0.244 e. The molecule has 0 amide bonds. The molecule has 0 atom stereocenters. The molecule has 1 aromatic carbocycles. The Hall–Kier alpha value is -2.30. The van der Waals surface area contributed by atoms with Crippen LogP contribution in [0.1, 0.15) is 0 Å². The van der Waals surface area contributed by atoms with E-state index >= 15 is 0 Å². The predicted molar refractivity (Wildman–Crippen MR) is 56.6 cm³/mol. The van der Waals surface area contributed by atoms with E-state index in [2.05, 4.69) is 15.1 Å². The molecule has 0 fully saturated rings. The van der Waals surface area contributed by atoms with Crippen LogP contribution in [0.5, 0.6) is 0 Å². The molecule has 0 spiro atoms. The van der Waals surface area contributed by atoms with E-state index in [1.807, 2.05) is 0 Å². The van der Waals surface area contributed by atoms with Crippen molar-refractivity contribution in [3.63, 3.8) is 0 Å². The molecule has 0 unspecified atom stereocenters. The largest absolute Gasteiger partial charge is 0.244 e. The third-order valence-electron chi connectivity index (χ3n) is 2.28. The number of rotatable bonds is 1. The summed E-state index contributed by atoms with van der Waals surface area (Å²) in [6.45, 7) is 0. The van der Waals surface area contributed by atoms with Gasteiger partial charge in [0.2, 0.25) is 0 Å². The number of halogens is 1. The quantitative estimate of drug-likeness (QED) is 0.621. The van der Waals surface area contributed by atoms with Crippen LogP contribution in [0.4, 0.5) is 4.39 Å². The molecule has 0 aliphatic rings. The number of hydrogen-bond donors (Lipinski definition) is 0. The van der Waals surface area contributed by atoms with E-state index in [1.54, 1.807) is 29.2 Å². The molecule has 2 heterocycles. The summed E-state index contributed by atoms with van der Waals surface area (Å²) in [4.78, 5) is 8.01. The van der Waals surface area contributed by atoms with Gasteiger partial charge >= 0.3 is 0 Å². The molecule has 0 aliphatic carbocycles. The Morgan fingerprint density at radius 1 is 1.19 bits per heavy atom. The second kappa shape index (κ2) is 3.37. The van der Waals surface area contributed by atoms with Gasteiger partial charge < -0.3 is 0 Å². The summed E-state index contributed by atoms with van der Waals surface area (Å²) in [5.74, 6) is -0.296. The highest BCUT2D eigenvalue weighted by atomic mass is 19.1. The third-order valence-corrected chi connectivity index (χ3v) is 2.28. The number of hydrogen-bond acceptors (Lipinski definition) is 3. The Balaban J connectivity index is 2.26. The van der Waals surface area contributed by atoms with Crippen molar-refractivity contribution in [1.29, 1.82) is 0 Å². The number of nitrogens with zero attached hydrogens (tertiary/aromatic N) is 4. The van der Waals surface area contributed by atoms with Crippen LogP contribution in [0.2, 0.25) is 0 Å². The molecular weight excluding hydrogens is 207 g/mol. The van der Waals surface area contributed by atoms with Crippen LogP contribution in [0.15, 0.2) is 43.0 Å². The van der Waals surface area contributed by atoms with E-state index in [4.69, 9.17) is 0 Å². The molecule has 3 aromatic rings. The lowest BCUT2D eigenvalue weighted by Gasteiger charge is -2.01. The molecule has 0 aliphatic heterocycles. The molecule has 0 bridgehead atoms. The average Bonchev–Trinajstić information content (AvgIpc) is 2.72. The Morgan fingerprint density at radius 2 is 2.12 bits per heavy atom. The standard InChI is InChI=1S/C11H7FN4/c12-9-2-1-3-10(4-9)16-11-8(6-15-16)5-13-7-14-11/h1-7H. The van der Waals surface area contributed by atoms with Crippen LogP contribution in [0.25, 0.3) is 16.7 Å². The van der Waals surface area contributed by atoms with Gasteiger partial charge in [-0.15, -0.1) is 0 Å². The Bertz CT molecular complexity index is 647. The average molecular weight is 214 g/mol. The normalized spacial score (nSPS) is 10.8. The van der Waals surface area contributed by atoms with Gasteiger partial charge in [0.05, 0.1) is 17.3 Å². The van der Waals surface area contributed by atoms with Gasteiger partial charge in [-0.25, -0.2) is 19.0 Å². The van der Waals surface area contributed by atoms with Gasteiger partial charge in [-0.3, -0.25) is 0 Å². The van der Waals surface area contributed by atoms with Crippen molar-refractivity contribution in [2.75, 3.05) is 0 Å².